The Bertz CT molecular complexity index is 1090. The fourth-order valence-electron chi connectivity index (χ4n) is 2.65. The minimum absolute atomic E-state index is 0.105. The molecule has 0 saturated heterocycles. The molecule has 2 aromatic heterocycles. The van der Waals surface area contributed by atoms with Crippen LogP contribution in [-0.4, -0.2) is 15.5 Å². The third-order valence-electron chi connectivity index (χ3n) is 4.09. The molecule has 0 saturated carbocycles. The summed E-state index contributed by atoms with van der Waals surface area (Å²) >= 11 is 0. The summed E-state index contributed by atoms with van der Waals surface area (Å²) in [4.78, 5) is 28.4. The molecule has 2 heterocycles. The smallest absolute Gasteiger partial charge is 0.340 e. The van der Waals surface area contributed by atoms with Gasteiger partial charge in [0.25, 0.3) is 11.5 Å². The van der Waals surface area contributed by atoms with Crippen molar-refractivity contribution >= 4 is 23.1 Å². The van der Waals surface area contributed by atoms with E-state index in [0.717, 1.165) is 12.1 Å². The Morgan fingerprint density at radius 1 is 1.10 bits per heavy atom. The van der Waals surface area contributed by atoms with Gasteiger partial charge in [-0.2, -0.15) is 13.2 Å². The molecule has 0 spiro atoms. The van der Waals surface area contributed by atoms with Crippen molar-refractivity contribution in [3.05, 3.63) is 82.4 Å². The summed E-state index contributed by atoms with van der Waals surface area (Å²) in [5, 5.41) is 5.42. The van der Waals surface area contributed by atoms with Crippen LogP contribution in [0.25, 0.3) is 0 Å². The molecule has 0 unspecified atom stereocenters. The molecule has 1 aromatic carbocycles. The van der Waals surface area contributed by atoms with E-state index in [0.29, 0.717) is 12.2 Å². The molecule has 2 N–H and O–H groups in total. The lowest BCUT2D eigenvalue weighted by molar-refractivity contribution is -0.137. The molecule has 150 valence electrons. The molecule has 0 atom stereocenters. The van der Waals surface area contributed by atoms with E-state index in [4.69, 9.17) is 0 Å². The number of aryl methyl sites for hydroxylation is 1. The highest BCUT2D eigenvalue weighted by molar-refractivity contribution is 6.07. The number of nitrogens with zero attached hydrogens (tertiary/aromatic N) is 2. The van der Waals surface area contributed by atoms with Crippen LogP contribution in [0.5, 0.6) is 0 Å². The summed E-state index contributed by atoms with van der Waals surface area (Å²) in [6.45, 7) is 2.24. The lowest BCUT2D eigenvalue weighted by Gasteiger charge is -2.13. The fraction of sp³-hybridized carbons (Fsp3) is 0.150. The number of carbonyl (C=O) groups is 1. The summed E-state index contributed by atoms with van der Waals surface area (Å²) in [5.74, 6) is -0.415. The minimum atomic E-state index is -4.48. The molecule has 3 rings (SSSR count). The van der Waals surface area contributed by atoms with E-state index >= 15 is 0 Å². The number of anilines is 3. The Hall–Kier alpha value is -3.62. The van der Waals surface area contributed by atoms with E-state index in [1.165, 1.54) is 47.3 Å². The SMILES string of the molecule is CCn1cc(NC(=O)c2cccnc2Nc2cccc(C(F)(F)F)c2)ccc1=O. The Balaban J connectivity index is 1.85. The number of alkyl halides is 3. The molecular formula is C20H17F3N4O2. The summed E-state index contributed by atoms with van der Waals surface area (Å²) in [6.07, 6.45) is -1.55. The van der Waals surface area contributed by atoms with Gasteiger partial charge in [-0.15, -0.1) is 0 Å². The van der Waals surface area contributed by atoms with Crippen molar-refractivity contribution in [1.82, 2.24) is 9.55 Å². The number of rotatable bonds is 5. The van der Waals surface area contributed by atoms with Crippen molar-refractivity contribution in [2.45, 2.75) is 19.6 Å². The van der Waals surface area contributed by atoms with Crippen LogP contribution in [0.3, 0.4) is 0 Å². The second-order valence-electron chi connectivity index (χ2n) is 6.10. The van der Waals surface area contributed by atoms with Crippen LogP contribution >= 0.6 is 0 Å². The topological polar surface area (TPSA) is 76.0 Å². The quantitative estimate of drug-likeness (QED) is 0.668. The molecule has 1 amide bonds. The van der Waals surface area contributed by atoms with Crippen LogP contribution in [0.4, 0.5) is 30.4 Å². The second kappa shape index (κ2) is 8.17. The number of benzene rings is 1. The number of hydrogen-bond acceptors (Lipinski definition) is 4. The molecular weight excluding hydrogens is 385 g/mol. The van der Waals surface area contributed by atoms with E-state index in [1.807, 2.05) is 0 Å². The Kier molecular flexibility index (Phi) is 5.67. The standard InChI is InChI=1S/C20H17F3N4O2/c1-2-27-12-15(8-9-17(27)28)26-19(29)16-7-4-10-24-18(16)25-14-6-3-5-13(11-14)20(21,22)23/h3-12H,2H2,1H3,(H,24,25)(H,26,29). The summed E-state index contributed by atoms with van der Waals surface area (Å²) < 4.78 is 40.2. The Morgan fingerprint density at radius 3 is 2.62 bits per heavy atom. The molecule has 9 heteroatoms. The molecule has 0 radical (unpaired) electrons. The van der Waals surface area contributed by atoms with Gasteiger partial charge in [0.2, 0.25) is 0 Å². The average Bonchev–Trinajstić information content (AvgIpc) is 2.69. The van der Waals surface area contributed by atoms with Gasteiger partial charge in [0, 0.05) is 30.7 Å². The van der Waals surface area contributed by atoms with Gasteiger partial charge in [0.1, 0.15) is 5.82 Å². The van der Waals surface area contributed by atoms with Crippen LogP contribution in [0.15, 0.2) is 65.7 Å². The van der Waals surface area contributed by atoms with Crippen molar-refractivity contribution in [2.24, 2.45) is 0 Å². The Morgan fingerprint density at radius 2 is 1.90 bits per heavy atom. The average molecular weight is 402 g/mol. The predicted molar refractivity (Wildman–Crippen MR) is 103 cm³/mol. The minimum Gasteiger partial charge on any atom is -0.340 e. The van der Waals surface area contributed by atoms with E-state index in [-0.39, 0.29) is 22.6 Å². The van der Waals surface area contributed by atoms with E-state index in [1.54, 1.807) is 13.0 Å². The second-order valence-corrected chi connectivity index (χ2v) is 6.10. The van der Waals surface area contributed by atoms with Gasteiger partial charge in [0.15, 0.2) is 0 Å². The van der Waals surface area contributed by atoms with E-state index in [9.17, 15) is 22.8 Å². The van der Waals surface area contributed by atoms with Crippen LogP contribution < -0.4 is 16.2 Å². The van der Waals surface area contributed by atoms with Gasteiger partial charge in [-0.3, -0.25) is 9.59 Å². The van der Waals surface area contributed by atoms with Gasteiger partial charge in [-0.05, 0) is 43.3 Å². The van der Waals surface area contributed by atoms with Gasteiger partial charge in [-0.25, -0.2) is 4.98 Å². The van der Waals surface area contributed by atoms with Crippen LogP contribution in [0.1, 0.15) is 22.8 Å². The molecule has 0 aliphatic rings. The maximum Gasteiger partial charge on any atom is 0.416 e. The van der Waals surface area contributed by atoms with E-state index < -0.39 is 17.6 Å². The molecule has 6 nitrogen and oxygen atoms in total. The maximum absolute atomic E-state index is 12.9. The zero-order chi connectivity index (χ0) is 21.0. The molecule has 29 heavy (non-hydrogen) atoms. The number of aromatic nitrogens is 2. The molecule has 0 fully saturated rings. The van der Waals surface area contributed by atoms with Crippen molar-refractivity contribution < 1.29 is 18.0 Å². The number of amides is 1. The summed E-state index contributed by atoms with van der Waals surface area (Å²) in [7, 11) is 0. The zero-order valence-electron chi connectivity index (χ0n) is 15.3. The zero-order valence-corrected chi connectivity index (χ0v) is 15.3. The first-order valence-electron chi connectivity index (χ1n) is 8.69. The summed E-state index contributed by atoms with van der Waals surface area (Å²) in [6, 6.07) is 10.5. The molecule has 3 aromatic rings. The number of carbonyl (C=O) groups excluding carboxylic acids is 1. The van der Waals surface area contributed by atoms with Gasteiger partial charge < -0.3 is 15.2 Å². The van der Waals surface area contributed by atoms with Crippen molar-refractivity contribution in [3.63, 3.8) is 0 Å². The van der Waals surface area contributed by atoms with Crippen molar-refractivity contribution in [3.8, 4) is 0 Å². The molecule has 0 bridgehead atoms. The lowest BCUT2D eigenvalue weighted by atomic mass is 10.2. The number of pyridine rings is 2. The van der Waals surface area contributed by atoms with Gasteiger partial charge >= 0.3 is 6.18 Å². The normalized spacial score (nSPS) is 11.2. The first-order chi connectivity index (χ1) is 13.8. The summed E-state index contributed by atoms with van der Waals surface area (Å²) in [5.41, 5.74) is -0.318. The van der Waals surface area contributed by atoms with Crippen LogP contribution in [0.2, 0.25) is 0 Å². The van der Waals surface area contributed by atoms with Gasteiger partial charge in [-0.1, -0.05) is 6.07 Å². The van der Waals surface area contributed by atoms with E-state index in [2.05, 4.69) is 15.6 Å². The third-order valence-corrected chi connectivity index (χ3v) is 4.09. The van der Waals surface area contributed by atoms with Crippen molar-refractivity contribution in [1.29, 1.82) is 0 Å². The molecule has 0 aliphatic heterocycles. The predicted octanol–water partition coefficient (Wildman–Crippen LogP) is 4.28. The first-order valence-corrected chi connectivity index (χ1v) is 8.69. The third kappa shape index (κ3) is 4.81. The van der Waals surface area contributed by atoms with Crippen molar-refractivity contribution in [2.75, 3.05) is 10.6 Å². The molecule has 0 aliphatic carbocycles. The lowest BCUT2D eigenvalue weighted by Crippen LogP contribution is -2.20. The Labute approximate surface area is 164 Å². The monoisotopic (exact) mass is 402 g/mol. The van der Waals surface area contributed by atoms with Crippen LogP contribution in [-0.2, 0) is 12.7 Å². The van der Waals surface area contributed by atoms with Crippen LogP contribution in [0, 0.1) is 0 Å². The fourth-order valence-corrected chi connectivity index (χ4v) is 2.65. The highest BCUT2D eigenvalue weighted by atomic mass is 19.4. The first kappa shape index (κ1) is 20.1. The van der Waals surface area contributed by atoms with Gasteiger partial charge in [0.05, 0.1) is 16.8 Å². The highest BCUT2D eigenvalue weighted by Gasteiger charge is 2.30. The number of hydrogen-bond donors (Lipinski definition) is 2. The highest BCUT2D eigenvalue weighted by Crippen LogP contribution is 2.31. The largest absolute Gasteiger partial charge is 0.416 e. The maximum atomic E-state index is 12.9. The number of halogens is 3. The number of nitrogens with one attached hydrogen (secondary N) is 2.